The van der Waals surface area contributed by atoms with Gasteiger partial charge in [-0.1, -0.05) is 235 Å². The van der Waals surface area contributed by atoms with E-state index in [4.69, 9.17) is 0 Å². The van der Waals surface area contributed by atoms with Crippen molar-refractivity contribution < 1.29 is 0 Å². The lowest BCUT2D eigenvalue weighted by Gasteiger charge is -2.72. The van der Waals surface area contributed by atoms with Crippen molar-refractivity contribution in [3.63, 3.8) is 0 Å². The molecule has 4 heteroatoms. The molecule has 392 valence electrons. The van der Waals surface area contributed by atoms with Crippen LogP contribution < -0.4 is 0 Å². The highest BCUT2D eigenvalue weighted by Gasteiger charge is 2.73. The Balaban J connectivity index is 1.61. The molecule has 4 unspecified atom stereocenters. The summed E-state index contributed by atoms with van der Waals surface area (Å²) in [5.74, 6) is -0.111. The van der Waals surface area contributed by atoms with Crippen LogP contribution in [0.2, 0.25) is 0 Å². The fraction of sp³-hybridized carbons (Fsp3) is 0.333. The summed E-state index contributed by atoms with van der Waals surface area (Å²) in [7, 11) is 15.0. The van der Waals surface area contributed by atoms with E-state index in [1.54, 1.807) is 0 Å². The molecule has 0 radical (unpaired) electrons. The molecule has 9 rings (SSSR count). The van der Waals surface area contributed by atoms with Crippen LogP contribution in [0.25, 0.3) is 0 Å². The number of aryl methyl sites for hydroxylation is 16. The quantitative estimate of drug-likeness (QED) is 0.107. The summed E-state index contributed by atoms with van der Waals surface area (Å²) >= 11 is 0. The van der Waals surface area contributed by atoms with E-state index in [0.29, 0.717) is 0 Å². The van der Waals surface area contributed by atoms with Gasteiger partial charge in [0.05, 0.1) is 0 Å². The minimum atomic E-state index is -0.616. The molecular formula is C72H84P4. The van der Waals surface area contributed by atoms with E-state index in [0.717, 1.165) is 0 Å². The van der Waals surface area contributed by atoms with E-state index < -0.39 is 20.6 Å². The van der Waals surface area contributed by atoms with Crippen LogP contribution in [0.1, 0.15) is 134 Å². The third-order valence-electron chi connectivity index (χ3n) is 17.2. The molecule has 1 saturated carbocycles. The van der Waals surface area contributed by atoms with E-state index >= 15 is 0 Å². The van der Waals surface area contributed by atoms with Crippen molar-refractivity contribution >= 4 is 37.0 Å². The molecule has 0 nitrogen and oxygen atoms in total. The van der Waals surface area contributed by atoms with E-state index in [2.05, 4.69) is 293 Å². The van der Waals surface area contributed by atoms with E-state index in [1.165, 1.54) is 134 Å². The van der Waals surface area contributed by atoms with Crippen molar-refractivity contribution in [1.29, 1.82) is 0 Å². The van der Waals surface area contributed by atoms with E-state index in [-0.39, 0.29) is 23.7 Å². The first kappa shape index (κ1) is 56.2. The molecule has 0 amide bonds. The maximum Gasteiger partial charge on any atom is 0.0379 e. The second-order valence-corrected chi connectivity index (χ2v) is 28.2. The Kier molecular flexibility index (Phi) is 15.5. The van der Waals surface area contributed by atoms with Crippen LogP contribution in [0.15, 0.2) is 146 Å². The van der Waals surface area contributed by atoms with Crippen molar-refractivity contribution in [2.24, 2.45) is 23.7 Å². The summed E-state index contributed by atoms with van der Waals surface area (Å²) < 4.78 is 0. The molecule has 1 aliphatic carbocycles. The molecule has 0 aromatic heterocycles. The van der Waals surface area contributed by atoms with Gasteiger partial charge in [0.1, 0.15) is 0 Å². The molecule has 0 spiro atoms. The maximum absolute atomic E-state index is 3.75. The van der Waals surface area contributed by atoms with Crippen LogP contribution in [0, 0.1) is 134 Å². The van der Waals surface area contributed by atoms with Crippen molar-refractivity contribution in [3.05, 3.63) is 279 Å². The van der Waals surface area contributed by atoms with Crippen LogP contribution in [0.3, 0.4) is 0 Å². The van der Waals surface area contributed by atoms with Gasteiger partial charge in [0.15, 0.2) is 0 Å². The van der Waals surface area contributed by atoms with E-state index in [9.17, 15) is 0 Å². The third kappa shape index (κ3) is 10.1. The SMILES string of the molecule is Cc1cc(C)cc(C(P)(c2cc(C)cc(C)c2)C2C(C(P)(c3cc(C)cc(C)c3)c3cc(C)cc(C)c3)C(C(P)(c3cc(C)cc(C)c3)c3cc(C)cc(C)c3)C2C(P)(c2cc(C)cc(C)c2)c2cc(C)cc(C)c2)c1. The fourth-order valence-corrected chi connectivity index (χ4v) is 17.9. The van der Waals surface area contributed by atoms with Crippen LogP contribution in [-0.2, 0) is 20.6 Å². The molecule has 8 aromatic rings. The van der Waals surface area contributed by atoms with Gasteiger partial charge in [0.25, 0.3) is 0 Å². The van der Waals surface area contributed by atoms with Gasteiger partial charge in [0.2, 0.25) is 0 Å². The first-order valence-electron chi connectivity index (χ1n) is 27.5. The van der Waals surface area contributed by atoms with Crippen molar-refractivity contribution in [2.75, 3.05) is 0 Å². The predicted molar refractivity (Wildman–Crippen MR) is 343 cm³/mol. The van der Waals surface area contributed by atoms with Crippen molar-refractivity contribution in [1.82, 2.24) is 0 Å². The molecule has 1 aliphatic rings. The highest BCUT2D eigenvalue weighted by atomic mass is 31.0. The summed E-state index contributed by atoms with van der Waals surface area (Å²) in [6.45, 7) is 36.8. The van der Waals surface area contributed by atoms with Gasteiger partial charge in [-0.15, -0.1) is 37.0 Å². The lowest BCUT2D eigenvalue weighted by Crippen LogP contribution is -2.69. The largest absolute Gasteiger partial charge is 0.121 e. The number of rotatable bonds is 12. The molecule has 0 bridgehead atoms. The molecule has 0 N–H and O–H groups in total. The molecule has 0 saturated heterocycles. The molecule has 76 heavy (non-hydrogen) atoms. The lowest BCUT2D eigenvalue weighted by atomic mass is 9.39. The zero-order valence-corrected chi connectivity index (χ0v) is 53.1. The Morgan fingerprint density at radius 3 is 0.329 bits per heavy atom. The average molecular weight is 1070 g/mol. The third-order valence-corrected chi connectivity index (χ3v) is 21.5. The summed E-state index contributed by atoms with van der Waals surface area (Å²) in [6, 6.07) is 59.3. The zero-order valence-electron chi connectivity index (χ0n) is 48.5. The van der Waals surface area contributed by atoms with Gasteiger partial charge in [-0.3, -0.25) is 0 Å². The molecule has 1 fully saturated rings. The van der Waals surface area contributed by atoms with Crippen LogP contribution in [0.4, 0.5) is 0 Å². The Morgan fingerprint density at radius 2 is 0.250 bits per heavy atom. The second-order valence-electron chi connectivity index (χ2n) is 24.6. The first-order valence-corrected chi connectivity index (χ1v) is 29.8. The molecule has 8 aromatic carbocycles. The van der Waals surface area contributed by atoms with Crippen molar-refractivity contribution in [3.8, 4) is 0 Å². The monoisotopic (exact) mass is 1070 g/mol. The van der Waals surface area contributed by atoms with Gasteiger partial charge in [-0.05, 0) is 179 Å². The summed E-state index contributed by atoms with van der Waals surface area (Å²) in [5.41, 5.74) is 31.2. The second kappa shape index (κ2) is 20.9. The van der Waals surface area contributed by atoms with Crippen LogP contribution >= 0.6 is 37.0 Å². The number of benzene rings is 8. The van der Waals surface area contributed by atoms with Gasteiger partial charge >= 0.3 is 0 Å². The van der Waals surface area contributed by atoms with Crippen LogP contribution in [-0.4, -0.2) is 0 Å². The highest BCUT2D eigenvalue weighted by Crippen LogP contribution is 2.78. The Bertz CT molecular complexity index is 2710. The number of hydrogen-bond acceptors (Lipinski definition) is 0. The predicted octanol–water partition coefficient (Wildman–Crippen LogP) is 18.7. The van der Waals surface area contributed by atoms with Gasteiger partial charge < -0.3 is 0 Å². The Morgan fingerprint density at radius 1 is 0.171 bits per heavy atom. The zero-order chi connectivity index (χ0) is 55.1. The summed E-state index contributed by atoms with van der Waals surface area (Å²) in [5, 5.41) is -2.46. The molecule has 4 atom stereocenters. The summed E-state index contributed by atoms with van der Waals surface area (Å²) in [6.07, 6.45) is 0. The van der Waals surface area contributed by atoms with Crippen molar-refractivity contribution in [2.45, 2.75) is 131 Å². The van der Waals surface area contributed by atoms with E-state index in [1.807, 2.05) is 0 Å². The smallest absolute Gasteiger partial charge is 0.0379 e. The minimum absolute atomic E-state index is 0.0279. The highest BCUT2D eigenvalue weighted by molar-refractivity contribution is 7.20. The normalized spacial score (nSPS) is 17.2. The average Bonchev–Trinajstić information content (AvgIpc) is 3.28. The maximum atomic E-state index is 3.75. The molecular weight excluding hydrogens is 989 g/mol. The standard InChI is InChI=1S/C72H84P4/c1-41-17-42(2)26-57(25-41)69(73,58-27-43(3)18-44(4)28-58)65-66(70(74,59-29-45(5)19-46(6)30-59)60-31-47(7)20-48(8)32-60)68(72(76,63-37-53(13)23-54(14)38-63)64-39-55(15)24-56(16)40-64)67(65)71(75,61-33-49(9)21-50(10)34-61)62-35-51(11)22-52(12)36-62/h17-40,65-68H,73-76H2,1-16H3. The Hall–Kier alpha value is -4.52. The summed E-state index contributed by atoms with van der Waals surface area (Å²) in [4.78, 5) is 0. The minimum Gasteiger partial charge on any atom is -0.121 e. The Labute approximate surface area is 468 Å². The molecule has 0 heterocycles. The lowest BCUT2D eigenvalue weighted by molar-refractivity contribution is -0.0919. The van der Waals surface area contributed by atoms with Crippen LogP contribution in [0.5, 0.6) is 0 Å². The molecule has 0 aliphatic heterocycles. The van der Waals surface area contributed by atoms with Gasteiger partial charge in [-0.2, -0.15) is 0 Å². The van der Waals surface area contributed by atoms with Gasteiger partial charge in [-0.25, -0.2) is 0 Å². The topological polar surface area (TPSA) is 0 Å². The fourth-order valence-electron chi connectivity index (χ4n) is 14.9. The van der Waals surface area contributed by atoms with Gasteiger partial charge in [0, 0.05) is 20.6 Å². The first-order chi connectivity index (χ1) is 35.6. The number of hydrogen-bond donors (Lipinski definition) is 0.